The Hall–Kier alpha value is -6.38. The number of aromatic hydroxyl groups is 1. The Bertz CT molecular complexity index is 2230. The van der Waals surface area contributed by atoms with E-state index < -0.39 is 78.2 Å². The number of phenolic OH excluding ortho intramolecular Hbond substituents is 1. The summed E-state index contributed by atoms with van der Waals surface area (Å²) in [5, 5.41) is 50.5. The van der Waals surface area contributed by atoms with E-state index in [2.05, 4.69) is 37.1 Å². The topological polar surface area (TPSA) is 308 Å². The van der Waals surface area contributed by atoms with Gasteiger partial charge in [0.15, 0.2) is 0 Å². The van der Waals surface area contributed by atoms with Crippen LogP contribution < -0.4 is 37.6 Å². The Morgan fingerprint density at radius 2 is 1.54 bits per heavy atom. The number of aliphatic carboxylic acids is 1. The average Bonchev–Trinajstić information content (AvgIpc) is 3.76. The van der Waals surface area contributed by atoms with Crippen LogP contribution in [-0.2, 0) is 35.2 Å². The minimum absolute atomic E-state index is 0.00249. The number of amides is 6. The predicted octanol–water partition coefficient (Wildman–Crippen LogP) is 2.37. The number of nitrogens with zero attached hydrogens (tertiary/aromatic N) is 2. The lowest BCUT2D eigenvalue weighted by Gasteiger charge is -2.36. The molecular formula is C47H67N9O11. The molecule has 20 heteroatoms. The van der Waals surface area contributed by atoms with E-state index in [1.807, 2.05) is 32.6 Å². The van der Waals surface area contributed by atoms with E-state index in [4.69, 9.17) is 10.3 Å². The van der Waals surface area contributed by atoms with Crippen LogP contribution in [0.3, 0.4) is 0 Å². The lowest BCUT2D eigenvalue weighted by molar-refractivity contribution is -0.140. The Balaban J connectivity index is 1.70. The SMILES string of the molecule is Cc1noc(C)c1-c1ccc(C(=O)N[C@@H](CC(C)C)C(=O)N[C@@H](CC(=O)O)C(N)=O)cc1NC(=O)[C@H](Cc1ccc(O)cc1)NC(=O)[C@@H]1CCC(NC(C)(C)C)N1CC(C)NC(=O)C[C@@H](C)O. The number of carboxylic acid groups (broad SMARTS) is 1. The highest BCUT2D eigenvalue weighted by Gasteiger charge is 2.41. The largest absolute Gasteiger partial charge is 0.508 e. The average molecular weight is 934 g/mol. The van der Waals surface area contributed by atoms with Crippen LogP contribution in [0.2, 0.25) is 0 Å². The smallest absolute Gasteiger partial charge is 0.305 e. The zero-order valence-electron chi connectivity index (χ0n) is 39.7. The fourth-order valence-electron chi connectivity index (χ4n) is 8.07. The van der Waals surface area contributed by atoms with Crippen molar-refractivity contribution in [1.82, 2.24) is 36.6 Å². The van der Waals surface area contributed by atoms with Gasteiger partial charge in [-0.2, -0.15) is 0 Å². The van der Waals surface area contributed by atoms with Gasteiger partial charge in [-0.15, -0.1) is 0 Å². The van der Waals surface area contributed by atoms with Crippen LogP contribution in [0.25, 0.3) is 11.1 Å². The van der Waals surface area contributed by atoms with E-state index in [1.165, 1.54) is 31.2 Å². The van der Waals surface area contributed by atoms with Gasteiger partial charge in [0.25, 0.3) is 5.91 Å². The normalized spacial score (nSPS) is 17.4. The molecule has 7 atom stereocenters. The van der Waals surface area contributed by atoms with Crippen molar-refractivity contribution in [2.24, 2.45) is 11.7 Å². The van der Waals surface area contributed by atoms with Crippen LogP contribution in [0.4, 0.5) is 5.69 Å². The number of aliphatic hydroxyl groups excluding tert-OH is 1. The van der Waals surface area contributed by atoms with Gasteiger partial charge in [0.05, 0.1) is 36.8 Å². The fourth-order valence-corrected chi connectivity index (χ4v) is 8.07. The number of nitrogens with one attached hydrogen (secondary N) is 6. The maximum atomic E-state index is 14.7. The van der Waals surface area contributed by atoms with Crippen molar-refractivity contribution in [2.75, 3.05) is 11.9 Å². The van der Waals surface area contributed by atoms with E-state index in [0.717, 1.165) is 0 Å². The van der Waals surface area contributed by atoms with Gasteiger partial charge in [-0.1, -0.05) is 37.2 Å². The zero-order valence-corrected chi connectivity index (χ0v) is 39.7. The van der Waals surface area contributed by atoms with Gasteiger partial charge in [-0.25, -0.2) is 0 Å². The molecule has 1 fully saturated rings. The molecule has 1 aliphatic rings. The minimum atomic E-state index is -1.53. The molecule has 0 aliphatic carbocycles. The summed E-state index contributed by atoms with van der Waals surface area (Å²) in [5.74, 6) is -5.15. The van der Waals surface area contributed by atoms with Crippen molar-refractivity contribution < 1.29 is 53.4 Å². The number of likely N-dealkylation sites (tertiary alicyclic amines) is 1. The number of rotatable bonds is 22. The number of phenols is 1. The highest BCUT2D eigenvalue weighted by molar-refractivity contribution is 6.04. The first-order valence-electron chi connectivity index (χ1n) is 22.4. The molecule has 1 aliphatic heterocycles. The third-order valence-corrected chi connectivity index (χ3v) is 11.0. The molecule has 2 heterocycles. The number of nitrogens with two attached hydrogens (primary N) is 1. The number of hydrogen-bond donors (Lipinski definition) is 10. The predicted molar refractivity (Wildman–Crippen MR) is 248 cm³/mol. The molecule has 20 nitrogen and oxygen atoms in total. The lowest BCUT2D eigenvalue weighted by atomic mass is 9.98. The van der Waals surface area contributed by atoms with Gasteiger partial charge >= 0.3 is 5.97 Å². The van der Waals surface area contributed by atoms with Gasteiger partial charge in [0.2, 0.25) is 29.5 Å². The summed E-state index contributed by atoms with van der Waals surface area (Å²) in [5.41, 5.74) is 7.21. The number of aryl methyl sites for hydroxylation is 2. The Morgan fingerprint density at radius 3 is 2.10 bits per heavy atom. The molecule has 67 heavy (non-hydrogen) atoms. The first-order chi connectivity index (χ1) is 31.3. The number of carbonyl (C=O) groups is 7. The summed E-state index contributed by atoms with van der Waals surface area (Å²) in [7, 11) is 0. The summed E-state index contributed by atoms with van der Waals surface area (Å²) >= 11 is 0. The Labute approximate surface area is 390 Å². The molecule has 2 unspecified atom stereocenters. The first kappa shape index (κ1) is 53.2. The van der Waals surface area contributed by atoms with Crippen LogP contribution in [0, 0.1) is 19.8 Å². The number of anilines is 1. The molecule has 2 aromatic carbocycles. The lowest BCUT2D eigenvalue weighted by Crippen LogP contribution is -2.59. The van der Waals surface area contributed by atoms with Gasteiger partial charge in [0.1, 0.15) is 29.6 Å². The van der Waals surface area contributed by atoms with Crippen LogP contribution >= 0.6 is 0 Å². The van der Waals surface area contributed by atoms with Crippen molar-refractivity contribution in [3.63, 3.8) is 0 Å². The van der Waals surface area contributed by atoms with E-state index in [9.17, 15) is 48.9 Å². The summed E-state index contributed by atoms with van der Waals surface area (Å²) < 4.78 is 5.46. The molecule has 1 aromatic heterocycles. The number of benzene rings is 2. The van der Waals surface area contributed by atoms with Crippen molar-refractivity contribution in [3.05, 3.63) is 65.0 Å². The van der Waals surface area contributed by atoms with Crippen molar-refractivity contribution in [1.29, 1.82) is 0 Å². The Morgan fingerprint density at radius 1 is 0.866 bits per heavy atom. The standard InChI is InChI=1S/C47H67N9O11/c1-24(2)18-35(44(64)51-34(42(48)62)22-40(60)61)52-43(63)30-12-15-32(41-27(5)55-67-28(41)6)33(21-30)50-45(65)36(20-29-10-13-31(58)14-11-29)53-46(66)37-16-17-38(54-47(7,8)9)56(37)23-25(3)49-39(59)19-26(4)57/h10-15,21,24-26,34-38,54,57-58H,16-20,22-23H2,1-9H3,(H2,48,62)(H,49,59)(H,50,65)(H,51,64)(H,52,63)(H,53,66)(H,60,61)/t25?,26-,34+,35+,36+,37+,38?/m1/s1. The van der Waals surface area contributed by atoms with Crippen LogP contribution in [0.1, 0.15) is 108 Å². The molecule has 0 saturated carbocycles. The molecule has 11 N–H and O–H groups in total. The molecular weight excluding hydrogens is 867 g/mol. The molecule has 0 radical (unpaired) electrons. The van der Waals surface area contributed by atoms with Gasteiger partial charge in [-0.05, 0) is 103 Å². The second-order valence-corrected chi connectivity index (χ2v) is 18.8. The molecule has 366 valence electrons. The zero-order chi connectivity index (χ0) is 49.9. The first-order valence-corrected chi connectivity index (χ1v) is 22.4. The van der Waals surface area contributed by atoms with Crippen molar-refractivity contribution in [2.45, 2.75) is 149 Å². The van der Waals surface area contributed by atoms with Crippen LogP contribution in [-0.4, -0.2) is 121 Å². The quantitative estimate of drug-likeness (QED) is 0.0692. The molecule has 1 saturated heterocycles. The molecule has 6 amide bonds. The maximum Gasteiger partial charge on any atom is 0.305 e. The Kier molecular flexibility index (Phi) is 18.6. The van der Waals surface area contributed by atoms with Gasteiger partial charge in [0, 0.05) is 46.9 Å². The number of carbonyl (C=O) groups excluding carboxylic acids is 6. The van der Waals surface area contributed by atoms with Gasteiger partial charge in [-0.3, -0.25) is 43.8 Å². The molecule has 0 bridgehead atoms. The molecule has 0 spiro atoms. The summed E-state index contributed by atoms with van der Waals surface area (Å²) in [4.78, 5) is 94.5. The fraction of sp³-hybridized carbons (Fsp3) is 0.532. The highest BCUT2D eigenvalue weighted by Crippen LogP contribution is 2.34. The van der Waals surface area contributed by atoms with Gasteiger partial charge < -0.3 is 52.2 Å². The number of hydrogen-bond acceptors (Lipinski definition) is 13. The van der Waals surface area contributed by atoms with E-state index in [1.54, 1.807) is 45.9 Å². The monoisotopic (exact) mass is 933 g/mol. The number of aliphatic hydroxyl groups is 1. The number of primary amides is 1. The molecule has 4 rings (SSSR count). The minimum Gasteiger partial charge on any atom is -0.508 e. The third kappa shape index (κ3) is 15.9. The highest BCUT2D eigenvalue weighted by atomic mass is 16.5. The molecule has 3 aromatic rings. The van der Waals surface area contributed by atoms with E-state index >= 15 is 0 Å². The van der Waals surface area contributed by atoms with Crippen molar-refractivity contribution in [3.8, 4) is 16.9 Å². The maximum absolute atomic E-state index is 14.7. The number of carboxylic acids is 1. The van der Waals surface area contributed by atoms with E-state index in [-0.39, 0.29) is 66.3 Å². The van der Waals surface area contributed by atoms with Crippen molar-refractivity contribution >= 4 is 47.1 Å². The van der Waals surface area contributed by atoms with Crippen LogP contribution in [0.5, 0.6) is 5.75 Å². The summed E-state index contributed by atoms with van der Waals surface area (Å²) in [6.45, 7) is 16.6. The number of aromatic nitrogens is 1. The van der Waals surface area contributed by atoms with Crippen LogP contribution in [0.15, 0.2) is 47.0 Å². The van der Waals surface area contributed by atoms with E-state index in [0.29, 0.717) is 41.0 Å². The third-order valence-electron chi connectivity index (χ3n) is 11.0. The second-order valence-electron chi connectivity index (χ2n) is 18.8. The summed E-state index contributed by atoms with van der Waals surface area (Å²) in [6.07, 6.45) is -0.830. The second kappa shape index (κ2) is 23.4. The summed E-state index contributed by atoms with van der Waals surface area (Å²) in [6, 6.07) is 5.55.